The van der Waals surface area contributed by atoms with Gasteiger partial charge in [-0.2, -0.15) is 0 Å². The molecule has 1 aromatic heterocycles. The quantitative estimate of drug-likeness (QED) is 0.898. The number of urea groups is 1. The highest BCUT2D eigenvalue weighted by Crippen LogP contribution is 2.29. The standard InChI is InChI=1S/C17H24N4O3/c22-17-19-7-2-8-21(17)13-4-9-20(10-5-13)11-14-12-23-15-3-1-6-18-16(15)24-14/h1,3,6,13-14H,2,4-5,7-12H2,(H,19,22). The van der Waals surface area contributed by atoms with Crippen LogP contribution < -0.4 is 14.8 Å². The topological polar surface area (TPSA) is 66.9 Å². The predicted molar refractivity (Wildman–Crippen MR) is 88.3 cm³/mol. The van der Waals surface area contributed by atoms with E-state index < -0.39 is 0 Å². The van der Waals surface area contributed by atoms with Crippen molar-refractivity contribution in [2.75, 3.05) is 39.3 Å². The number of aromatic nitrogens is 1. The van der Waals surface area contributed by atoms with E-state index in [1.807, 2.05) is 17.0 Å². The molecule has 130 valence electrons. The molecule has 1 unspecified atom stereocenters. The van der Waals surface area contributed by atoms with Crippen molar-refractivity contribution in [1.29, 1.82) is 0 Å². The van der Waals surface area contributed by atoms with Crippen LogP contribution in [-0.4, -0.2) is 72.3 Å². The molecule has 1 atom stereocenters. The molecule has 0 aromatic carbocycles. The summed E-state index contributed by atoms with van der Waals surface area (Å²) in [7, 11) is 0. The average molecular weight is 332 g/mol. The van der Waals surface area contributed by atoms with Crippen molar-refractivity contribution in [1.82, 2.24) is 20.1 Å². The van der Waals surface area contributed by atoms with Gasteiger partial charge in [0.15, 0.2) is 5.75 Å². The summed E-state index contributed by atoms with van der Waals surface area (Å²) >= 11 is 0. The van der Waals surface area contributed by atoms with Crippen LogP contribution in [0.1, 0.15) is 19.3 Å². The van der Waals surface area contributed by atoms with Gasteiger partial charge in [0.1, 0.15) is 12.7 Å². The Hall–Kier alpha value is -2.02. The van der Waals surface area contributed by atoms with Crippen molar-refractivity contribution in [3.63, 3.8) is 0 Å². The molecule has 0 radical (unpaired) electrons. The SMILES string of the molecule is O=C1NCCCN1C1CCN(CC2COc3cccnc3O2)CC1. The zero-order valence-electron chi connectivity index (χ0n) is 13.8. The van der Waals surface area contributed by atoms with E-state index >= 15 is 0 Å². The second-order valence-corrected chi connectivity index (χ2v) is 6.67. The lowest BCUT2D eigenvalue weighted by molar-refractivity contribution is 0.0383. The molecule has 7 nitrogen and oxygen atoms in total. The lowest BCUT2D eigenvalue weighted by Gasteiger charge is -2.41. The summed E-state index contributed by atoms with van der Waals surface area (Å²) in [5.41, 5.74) is 0. The molecule has 3 aliphatic rings. The monoisotopic (exact) mass is 332 g/mol. The number of hydrogen-bond acceptors (Lipinski definition) is 5. The van der Waals surface area contributed by atoms with Gasteiger partial charge in [-0.1, -0.05) is 0 Å². The number of fused-ring (bicyclic) bond motifs is 1. The van der Waals surface area contributed by atoms with Crippen LogP contribution in [0.4, 0.5) is 4.79 Å². The number of rotatable bonds is 3. The summed E-state index contributed by atoms with van der Waals surface area (Å²) in [6.07, 6.45) is 4.83. The first-order valence-corrected chi connectivity index (χ1v) is 8.81. The molecular formula is C17H24N4O3. The van der Waals surface area contributed by atoms with Gasteiger partial charge in [0, 0.05) is 45.0 Å². The van der Waals surface area contributed by atoms with E-state index in [-0.39, 0.29) is 12.1 Å². The highest BCUT2D eigenvalue weighted by Gasteiger charge is 2.31. The minimum Gasteiger partial charge on any atom is -0.484 e. The van der Waals surface area contributed by atoms with E-state index in [4.69, 9.17) is 9.47 Å². The zero-order valence-corrected chi connectivity index (χ0v) is 13.8. The van der Waals surface area contributed by atoms with Crippen molar-refractivity contribution in [3.05, 3.63) is 18.3 Å². The van der Waals surface area contributed by atoms with Gasteiger partial charge in [-0.25, -0.2) is 9.78 Å². The smallest absolute Gasteiger partial charge is 0.317 e. The predicted octanol–water partition coefficient (Wildman–Crippen LogP) is 1.10. The molecule has 7 heteroatoms. The van der Waals surface area contributed by atoms with Gasteiger partial charge in [0.25, 0.3) is 5.88 Å². The fourth-order valence-electron chi connectivity index (χ4n) is 3.74. The molecule has 24 heavy (non-hydrogen) atoms. The van der Waals surface area contributed by atoms with Crippen molar-refractivity contribution >= 4 is 6.03 Å². The van der Waals surface area contributed by atoms with Crippen LogP contribution in [-0.2, 0) is 0 Å². The van der Waals surface area contributed by atoms with E-state index in [0.29, 0.717) is 18.5 Å². The van der Waals surface area contributed by atoms with E-state index in [9.17, 15) is 4.79 Å². The van der Waals surface area contributed by atoms with E-state index in [1.54, 1.807) is 6.20 Å². The van der Waals surface area contributed by atoms with Gasteiger partial charge in [-0.15, -0.1) is 0 Å². The summed E-state index contributed by atoms with van der Waals surface area (Å²) in [4.78, 5) is 20.6. The van der Waals surface area contributed by atoms with Crippen LogP contribution in [0, 0.1) is 0 Å². The van der Waals surface area contributed by atoms with Crippen LogP contribution >= 0.6 is 0 Å². The Morgan fingerprint density at radius 2 is 2.17 bits per heavy atom. The lowest BCUT2D eigenvalue weighted by atomic mass is 10.0. The molecule has 2 saturated heterocycles. The van der Waals surface area contributed by atoms with Crippen LogP contribution in [0.15, 0.2) is 18.3 Å². The Labute approximate surface area is 141 Å². The number of pyridine rings is 1. The number of nitrogens with one attached hydrogen (secondary N) is 1. The molecule has 0 bridgehead atoms. The molecule has 0 saturated carbocycles. The number of nitrogens with zero attached hydrogens (tertiary/aromatic N) is 3. The van der Waals surface area contributed by atoms with Gasteiger partial charge >= 0.3 is 6.03 Å². The Bertz CT molecular complexity index is 589. The molecule has 0 spiro atoms. The van der Waals surface area contributed by atoms with Crippen molar-refractivity contribution < 1.29 is 14.3 Å². The highest BCUT2D eigenvalue weighted by atomic mass is 16.6. The van der Waals surface area contributed by atoms with E-state index in [2.05, 4.69) is 15.2 Å². The molecule has 0 aliphatic carbocycles. The summed E-state index contributed by atoms with van der Waals surface area (Å²) in [6.45, 7) is 5.08. The maximum atomic E-state index is 12.0. The summed E-state index contributed by atoms with van der Waals surface area (Å²) < 4.78 is 11.7. The minimum absolute atomic E-state index is 0.0160. The number of hydrogen-bond donors (Lipinski definition) is 1. The van der Waals surface area contributed by atoms with Crippen LogP contribution in [0.25, 0.3) is 0 Å². The Morgan fingerprint density at radius 3 is 3.00 bits per heavy atom. The minimum atomic E-state index is 0.0160. The maximum Gasteiger partial charge on any atom is 0.317 e. The van der Waals surface area contributed by atoms with Gasteiger partial charge in [-0.3, -0.25) is 4.90 Å². The van der Waals surface area contributed by atoms with Crippen molar-refractivity contribution in [2.45, 2.75) is 31.4 Å². The molecular weight excluding hydrogens is 308 g/mol. The average Bonchev–Trinajstić information content (AvgIpc) is 2.63. The van der Waals surface area contributed by atoms with Gasteiger partial charge in [0.2, 0.25) is 0 Å². The van der Waals surface area contributed by atoms with E-state index in [0.717, 1.165) is 57.7 Å². The number of amides is 2. The van der Waals surface area contributed by atoms with Crippen LogP contribution in [0.2, 0.25) is 0 Å². The van der Waals surface area contributed by atoms with Crippen LogP contribution in [0.3, 0.4) is 0 Å². The maximum absolute atomic E-state index is 12.0. The first kappa shape index (κ1) is 15.5. The van der Waals surface area contributed by atoms with Gasteiger partial charge in [0.05, 0.1) is 0 Å². The van der Waals surface area contributed by atoms with Crippen molar-refractivity contribution in [2.24, 2.45) is 0 Å². The Kier molecular flexibility index (Phi) is 4.42. The third-order valence-electron chi connectivity index (χ3n) is 5.01. The zero-order chi connectivity index (χ0) is 16.4. The fraction of sp³-hybridized carbons (Fsp3) is 0.647. The number of carbonyl (C=O) groups is 1. The van der Waals surface area contributed by atoms with Crippen molar-refractivity contribution in [3.8, 4) is 11.6 Å². The third-order valence-corrected chi connectivity index (χ3v) is 5.01. The summed E-state index contributed by atoms with van der Waals surface area (Å²) in [6, 6.07) is 4.21. The molecule has 2 amide bonds. The molecule has 4 heterocycles. The first-order chi connectivity index (χ1) is 11.8. The molecule has 1 N–H and O–H groups in total. The second kappa shape index (κ2) is 6.84. The molecule has 1 aromatic rings. The second-order valence-electron chi connectivity index (χ2n) is 6.67. The largest absolute Gasteiger partial charge is 0.484 e. The van der Waals surface area contributed by atoms with Gasteiger partial charge < -0.3 is 19.7 Å². The third kappa shape index (κ3) is 3.26. The summed E-state index contributed by atoms with van der Waals surface area (Å²) in [5, 5.41) is 2.95. The van der Waals surface area contributed by atoms with Crippen LogP contribution in [0.5, 0.6) is 11.6 Å². The first-order valence-electron chi connectivity index (χ1n) is 8.81. The summed E-state index contributed by atoms with van der Waals surface area (Å²) in [5.74, 6) is 1.32. The number of ether oxygens (including phenoxy) is 2. The number of likely N-dealkylation sites (tertiary alicyclic amines) is 1. The Balaban J connectivity index is 1.27. The Morgan fingerprint density at radius 1 is 1.29 bits per heavy atom. The number of carbonyl (C=O) groups excluding carboxylic acids is 1. The molecule has 2 fully saturated rings. The van der Waals surface area contributed by atoms with Gasteiger partial charge in [-0.05, 0) is 31.4 Å². The van der Waals surface area contributed by atoms with E-state index in [1.165, 1.54) is 0 Å². The lowest BCUT2D eigenvalue weighted by Crippen LogP contribution is -2.55. The molecule has 4 rings (SSSR count). The molecule has 3 aliphatic heterocycles. The highest BCUT2D eigenvalue weighted by molar-refractivity contribution is 5.75. The number of piperidine rings is 1. The fourth-order valence-corrected chi connectivity index (χ4v) is 3.74. The normalized spacial score (nSPS) is 25.4.